The quantitative estimate of drug-likeness (QED) is 0.0321. The molecule has 0 aromatic heterocycles. The van der Waals surface area contributed by atoms with Crippen LogP contribution < -0.4 is 20.1 Å². The van der Waals surface area contributed by atoms with Gasteiger partial charge in [-0.2, -0.15) is 0 Å². The van der Waals surface area contributed by atoms with Gasteiger partial charge in [0.1, 0.15) is 0 Å². The van der Waals surface area contributed by atoms with Crippen LogP contribution in [0.15, 0.2) is 107 Å². The Kier molecular flexibility index (Phi) is 24.8. The molecule has 24 heteroatoms. The average molecular weight is 1220 g/mol. The van der Waals surface area contributed by atoms with Crippen LogP contribution in [0.3, 0.4) is 0 Å². The molecule has 2 aliphatic rings. The molecular weight excluding hydrogens is 1150 g/mol. The van der Waals surface area contributed by atoms with Crippen LogP contribution in [0.1, 0.15) is 65.9 Å². The number of hydrogen-bond donors (Lipinski definition) is 4. The molecule has 0 saturated carbocycles. The average Bonchev–Trinajstić information content (AvgIpc) is 3.46. The van der Waals surface area contributed by atoms with Crippen LogP contribution >= 0.6 is 46.4 Å². The number of carbonyl (C=O) groups excluding carboxylic acids is 2. The van der Waals surface area contributed by atoms with Crippen LogP contribution in [0, 0.1) is 0 Å². The Labute approximate surface area is 489 Å². The van der Waals surface area contributed by atoms with Crippen molar-refractivity contribution in [3.8, 4) is 0 Å². The van der Waals surface area contributed by atoms with Gasteiger partial charge in [0.2, 0.25) is 20.0 Å². The van der Waals surface area contributed by atoms with E-state index in [-0.39, 0.29) is 99.3 Å². The Balaban J connectivity index is 0.645. The summed E-state index contributed by atoms with van der Waals surface area (Å²) in [4.78, 5) is 29.9. The highest BCUT2D eigenvalue weighted by Crippen LogP contribution is 2.40. The number of nitrogens with one attached hydrogen (secondary N) is 4. The predicted octanol–water partition coefficient (Wildman–Crippen LogP) is 6.97. The van der Waals surface area contributed by atoms with E-state index < -0.39 is 20.0 Å². The van der Waals surface area contributed by atoms with Crippen LogP contribution in [0.25, 0.3) is 0 Å². The molecule has 2 atom stereocenters. The van der Waals surface area contributed by atoms with Crippen LogP contribution in [0.5, 0.6) is 0 Å². The molecule has 80 heavy (non-hydrogen) atoms. The van der Waals surface area contributed by atoms with E-state index in [1.54, 1.807) is 66.7 Å². The van der Waals surface area contributed by atoms with Crippen molar-refractivity contribution >= 4 is 78.3 Å². The van der Waals surface area contributed by atoms with Crippen molar-refractivity contribution in [3.63, 3.8) is 0 Å². The number of likely N-dealkylation sites (N-methyl/N-ethyl adjacent to an activating group) is 2. The first-order valence-corrected chi connectivity index (χ1v) is 30.6. The summed E-state index contributed by atoms with van der Waals surface area (Å²) in [5.41, 5.74) is 6.67. The molecule has 2 aliphatic heterocycles. The van der Waals surface area contributed by atoms with Crippen molar-refractivity contribution in [1.82, 2.24) is 29.9 Å². The summed E-state index contributed by atoms with van der Waals surface area (Å²) in [5, 5.41) is 7.88. The molecule has 2 heterocycles. The molecule has 18 nitrogen and oxygen atoms in total. The zero-order chi connectivity index (χ0) is 57.1. The Morgan fingerprint density at radius 1 is 0.475 bits per heavy atom. The van der Waals surface area contributed by atoms with E-state index in [2.05, 4.69) is 29.9 Å². The van der Waals surface area contributed by atoms with Crippen molar-refractivity contribution in [2.24, 2.45) is 0 Å². The van der Waals surface area contributed by atoms with Crippen molar-refractivity contribution in [2.75, 3.05) is 133 Å². The van der Waals surface area contributed by atoms with Crippen LogP contribution in [-0.4, -0.2) is 171 Å². The molecule has 2 amide bonds. The van der Waals surface area contributed by atoms with Gasteiger partial charge in [-0.15, -0.1) is 0 Å². The molecule has 0 saturated heterocycles. The van der Waals surface area contributed by atoms with Gasteiger partial charge in [0.05, 0.1) is 89.1 Å². The number of ether oxygens (including phenoxy) is 6. The second-order valence-electron chi connectivity index (χ2n) is 19.1. The minimum atomic E-state index is -3.79. The Bertz CT molecular complexity index is 3070. The smallest absolute Gasteiger partial charge is 0.251 e. The maximum absolute atomic E-state index is 13.2. The topological polar surface area (TPSA) is 212 Å². The van der Waals surface area contributed by atoms with E-state index in [0.717, 1.165) is 39.9 Å². The van der Waals surface area contributed by atoms with Gasteiger partial charge in [-0.25, -0.2) is 26.3 Å². The van der Waals surface area contributed by atoms with Crippen LogP contribution in [-0.2, 0) is 61.6 Å². The molecule has 5 aromatic carbocycles. The van der Waals surface area contributed by atoms with E-state index in [0.29, 0.717) is 90.5 Å². The number of rotatable bonds is 32. The van der Waals surface area contributed by atoms with Crippen molar-refractivity contribution in [1.29, 1.82) is 0 Å². The van der Waals surface area contributed by atoms with E-state index in [4.69, 9.17) is 74.8 Å². The summed E-state index contributed by atoms with van der Waals surface area (Å²) < 4.78 is 90.6. The fraction of sp³-hybridized carbons (Fsp3) is 0.429. The van der Waals surface area contributed by atoms with Gasteiger partial charge in [-0.3, -0.25) is 9.59 Å². The molecule has 0 aliphatic carbocycles. The summed E-state index contributed by atoms with van der Waals surface area (Å²) in [5.74, 6) is -0.711. The number of sulfonamides is 2. The minimum absolute atomic E-state index is 0.000124. The molecule has 2 unspecified atom stereocenters. The Morgan fingerprint density at radius 2 is 0.863 bits per heavy atom. The molecule has 0 fully saturated rings. The summed E-state index contributed by atoms with van der Waals surface area (Å²) in [6.07, 6.45) is 0. The van der Waals surface area contributed by atoms with Gasteiger partial charge in [-0.05, 0) is 120 Å². The first-order chi connectivity index (χ1) is 38.5. The Hall–Kier alpha value is -4.30. The predicted molar refractivity (Wildman–Crippen MR) is 309 cm³/mol. The first-order valence-electron chi connectivity index (χ1n) is 26.1. The van der Waals surface area contributed by atoms with E-state index in [9.17, 15) is 26.4 Å². The van der Waals surface area contributed by atoms with Gasteiger partial charge < -0.3 is 48.9 Å². The molecule has 7 rings (SSSR count). The number of benzene rings is 5. The summed E-state index contributed by atoms with van der Waals surface area (Å²) >= 11 is 25.7. The SMILES string of the molecule is CN1Cc2c(Cl)cc(Cl)cc2C(c2ccc(S(=O)(=O)NCCOCCOCCOCCNC(=O)c3ccc(C(=O)NCCOCCOCCOCCNS(=O)(=O)c4cccc(C5CN(C)Cc6c(Cl)cc(Cl)cc65)c4)cc3)cc2)C1. The van der Waals surface area contributed by atoms with Crippen molar-refractivity contribution in [3.05, 3.63) is 162 Å². The van der Waals surface area contributed by atoms with Gasteiger partial charge in [0.15, 0.2) is 0 Å². The van der Waals surface area contributed by atoms with Crippen LogP contribution in [0.4, 0.5) is 0 Å². The zero-order valence-electron chi connectivity index (χ0n) is 44.7. The lowest BCUT2D eigenvalue weighted by molar-refractivity contribution is 0.0162. The monoisotopic (exact) mass is 1220 g/mol. The second-order valence-corrected chi connectivity index (χ2v) is 24.3. The molecule has 434 valence electrons. The van der Waals surface area contributed by atoms with Gasteiger partial charge in [0, 0.05) is 95.4 Å². The van der Waals surface area contributed by atoms with Crippen LogP contribution in [0.2, 0.25) is 20.1 Å². The summed E-state index contributed by atoms with van der Waals surface area (Å²) in [7, 11) is -3.51. The number of carbonyl (C=O) groups is 2. The third-order valence-electron chi connectivity index (χ3n) is 13.2. The highest BCUT2D eigenvalue weighted by molar-refractivity contribution is 7.89. The number of nitrogens with zero attached hydrogens (tertiary/aromatic N) is 2. The largest absolute Gasteiger partial charge is 0.378 e. The third kappa shape index (κ3) is 18.9. The molecule has 5 aromatic rings. The molecular formula is C56H68Cl4N6O12S2. The maximum atomic E-state index is 13.2. The van der Waals surface area contributed by atoms with Crippen molar-refractivity contribution in [2.45, 2.75) is 34.7 Å². The van der Waals surface area contributed by atoms with Gasteiger partial charge in [-0.1, -0.05) is 70.7 Å². The lowest BCUT2D eigenvalue weighted by Crippen LogP contribution is -2.31. The fourth-order valence-electron chi connectivity index (χ4n) is 9.24. The highest BCUT2D eigenvalue weighted by Gasteiger charge is 2.30. The van der Waals surface area contributed by atoms with E-state index in [1.165, 1.54) is 0 Å². The number of hydrogen-bond acceptors (Lipinski definition) is 14. The van der Waals surface area contributed by atoms with E-state index in [1.807, 2.05) is 44.4 Å². The lowest BCUT2D eigenvalue weighted by atomic mass is 9.85. The number of amides is 2. The summed E-state index contributed by atoms with van der Waals surface area (Å²) in [6.45, 7) is 6.75. The minimum Gasteiger partial charge on any atom is -0.378 e. The van der Waals surface area contributed by atoms with Crippen molar-refractivity contribution < 1.29 is 54.8 Å². The highest BCUT2D eigenvalue weighted by atomic mass is 35.5. The molecule has 0 radical (unpaired) electrons. The normalized spacial score (nSPS) is 15.8. The second kappa shape index (κ2) is 31.4. The Morgan fingerprint density at radius 3 is 1.30 bits per heavy atom. The lowest BCUT2D eigenvalue weighted by Gasteiger charge is -2.33. The number of fused-ring (bicyclic) bond motifs is 2. The molecule has 4 N–H and O–H groups in total. The summed E-state index contributed by atoms with van der Waals surface area (Å²) in [6, 6.07) is 27.4. The first kappa shape index (κ1) is 63.3. The van der Waals surface area contributed by atoms with Gasteiger partial charge >= 0.3 is 0 Å². The number of halogens is 4. The van der Waals surface area contributed by atoms with E-state index >= 15 is 0 Å². The fourth-order valence-corrected chi connectivity index (χ4v) is 12.5. The van der Waals surface area contributed by atoms with Gasteiger partial charge in [0.25, 0.3) is 11.8 Å². The standard InChI is InChI=1S/C56H68Cl4N6O12S2/c1-65-35-49(47-31-43(57)33-53(59)51(47)37-65)39-10-12-45(13-11-39)79(69,70)63-16-20-75-24-28-77-26-22-73-18-14-61-55(67)40-6-8-41(9-7-40)56(68)62-15-19-74-23-27-78-29-25-76-21-17-64-80(71,72)46-5-3-4-42(30-46)50-36-66(2)38-52-48(50)32-44(58)34-54(52)60/h3-13,30-34,49-50,63-64H,14-29,35-38H2,1-2H3,(H,61,67)(H,62,68). The zero-order valence-corrected chi connectivity index (χ0v) is 49.3. The maximum Gasteiger partial charge on any atom is 0.251 e. The molecule has 0 spiro atoms. The third-order valence-corrected chi connectivity index (χ3v) is 17.2. The molecule has 0 bridgehead atoms.